The standard InChI is InChI=1S/C19H26N4O6/c1-5-28-16(24)20-23(18(26)29-6-2)19-11-12-22(17(25)27-4)15(19)21(3)14-10-8-7-9-13(14)19/h7-10,15H,5-6,11-12H2,1-4H3,(H,20,24)/t15-,19+/m0/s1. The summed E-state index contributed by atoms with van der Waals surface area (Å²) in [6.45, 7) is 3.95. The van der Waals surface area contributed by atoms with Crippen molar-refractivity contribution in [3.05, 3.63) is 29.8 Å². The first kappa shape index (κ1) is 20.6. The van der Waals surface area contributed by atoms with Crippen LogP contribution in [0.3, 0.4) is 0 Å². The molecule has 1 aromatic carbocycles. The summed E-state index contributed by atoms with van der Waals surface area (Å²) in [6.07, 6.45) is -2.26. The molecule has 0 saturated carbocycles. The third-order valence-electron chi connectivity index (χ3n) is 5.31. The molecule has 0 bridgehead atoms. The summed E-state index contributed by atoms with van der Waals surface area (Å²) in [5.74, 6) is 0. The van der Waals surface area contributed by atoms with Crippen molar-refractivity contribution in [1.29, 1.82) is 0 Å². The molecule has 0 radical (unpaired) electrons. The number of benzene rings is 1. The first-order chi connectivity index (χ1) is 13.9. The summed E-state index contributed by atoms with van der Waals surface area (Å²) in [6, 6.07) is 7.51. The highest BCUT2D eigenvalue weighted by atomic mass is 16.6. The van der Waals surface area contributed by atoms with Crippen LogP contribution in [0.2, 0.25) is 0 Å². The van der Waals surface area contributed by atoms with E-state index >= 15 is 0 Å². The number of rotatable bonds is 3. The van der Waals surface area contributed by atoms with E-state index in [1.54, 1.807) is 18.7 Å². The smallest absolute Gasteiger partial charge is 0.429 e. The highest BCUT2D eigenvalue weighted by Gasteiger charge is 2.63. The zero-order valence-corrected chi connectivity index (χ0v) is 17.0. The molecule has 3 amide bonds. The summed E-state index contributed by atoms with van der Waals surface area (Å²) >= 11 is 0. The van der Waals surface area contributed by atoms with E-state index < -0.39 is 30.0 Å². The minimum absolute atomic E-state index is 0.124. The van der Waals surface area contributed by atoms with Gasteiger partial charge in [0.05, 0.1) is 20.3 Å². The number of ether oxygens (including phenoxy) is 3. The van der Waals surface area contributed by atoms with Gasteiger partial charge >= 0.3 is 18.3 Å². The van der Waals surface area contributed by atoms with Crippen LogP contribution in [-0.2, 0) is 19.7 Å². The van der Waals surface area contributed by atoms with Gasteiger partial charge in [0.2, 0.25) is 0 Å². The van der Waals surface area contributed by atoms with Gasteiger partial charge in [-0.1, -0.05) is 18.2 Å². The SMILES string of the molecule is CCOC(=O)NN(C(=O)OCC)[C@@]12CCN(C(=O)OC)[C@@H]1N(C)c1ccccc12. The predicted octanol–water partition coefficient (Wildman–Crippen LogP) is 2.25. The summed E-state index contributed by atoms with van der Waals surface area (Å²) in [5.41, 5.74) is 3.10. The van der Waals surface area contributed by atoms with Gasteiger partial charge in [0.1, 0.15) is 11.7 Å². The fraction of sp³-hybridized carbons (Fsp3) is 0.526. The van der Waals surface area contributed by atoms with Crippen molar-refractivity contribution >= 4 is 24.0 Å². The molecule has 10 heteroatoms. The predicted molar refractivity (Wildman–Crippen MR) is 103 cm³/mol. The van der Waals surface area contributed by atoms with Crippen molar-refractivity contribution in [2.45, 2.75) is 32.0 Å². The highest BCUT2D eigenvalue weighted by molar-refractivity contribution is 5.79. The van der Waals surface area contributed by atoms with Crippen molar-refractivity contribution in [3.63, 3.8) is 0 Å². The second-order valence-corrected chi connectivity index (χ2v) is 6.71. The van der Waals surface area contributed by atoms with Gasteiger partial charge in [-0.15, -0.1) is 0 Å². The Morgan fingerprint density at radius 1 is 1.21 bits per heavy atom. The molecule has 0 spiro atoms. The van der Waals surface area contributed by atoms with Gasteiger partial charge in [-0.2, -0.15) is 0 Å². The minimum atomic E-state index is -1.07. The lowest BCUT2D eigenvalue weighted by atomic mass is 9.88. The number of carbonyl (C=O) groups excluding carboxylic acids is 3. The van der Waals surface area contributed by atoms with E-state index in [1.165, 1.54) is 7.11 Å². The van der Waals surface area contributed by atoms with Gasteiger partial charge in [0, 0.05) is 24.8 Å². The molecule has 1 N–H and O–H groups in total. The summed E-state index contributed by atoms with van der Waals surface area (Å²) < 4.78 is 15.2. The lowest BCUT2D eigenvalue weighted by Gasteiger charge is -2.42. The molecule has 1 aromatic rings. The topological polar surface area (TPSA) is 101 Å². The molecular weight excluding hydrogens is 380 g/mol. The fourth-order valence-electron chi connectivity index (χ4n) is 4.29. The number of hydrogen-bond acceptors (Lipinski definition) is 7. The molecule has 0 unspecified atom stereocenters. The molecule has 10 nitrogen and oxygen atoms in total. The van der Waals surface area contributed by atoms with E-state index in [0.29, 0.717) is 13.0 Å². The Balaban J connectivity index is 2.14. The van der Waals surface area contributed by atoms with Crippen LogP contribution in [-0.4, -0.2) is 68.3 Å². The molecule has 3 rings (SSSR count). The van der Waals surface area contributed by atoms with Crippen LogP contribution in [0.5, 0.6) is 0 Å². The maximum absolute atomic E-state index is 13.0. The van der Waals surface area contributed by atoms with Crippen LogP contribution < -0.4 is 10.3 Å². The number of amides is 3. The molecule has 158 valence electrons. The van der Waals surface area contributed by atoms with Crippen LogP contribution in [0.4, 0.5) is 20.1 Å². The molecular formula is C19H26N4O6. The quantitative estimate of drug-likeness (QED) is 0.607. The normalized spacial score (nSPS) is 21.9. The van der Waals surface area contributed by atoms with Crippen molar-refractivity contribution in [1.82, 2.24) is 15.3 Å². The monoisotopic (exact) mass is 406 g/mol. The van der Waals surface area contributed by atoms with E-state index in [4.69, 9.17) is 14.2 Å². The zero-order chi connectivity index (χ0) is 21.2. The molecule has 2 aliphatic heterocycles. The Morgan fingerprint density at radius 3 is 2.55 bits per heavy atom. The second kappa shape index (κ2) is 8.06. The number of likely N-dealkylation sites (tertiary alicyclic amines) is 1. The maximum Gasteiger partial charge on any atom is 0.429 e. The molecule has 1 fully saturated rings. The zero-order valence-electron chi connectivity index (χ0n) is 17.0. The number of likely N-dealkylation sites (N-methyl/N-ethyl adjacent to an activating group) is 1. The highest BCUT2D eigenvalue weighted by Crippen LogP contribution is 2.53. The van der Waals surface area contributed by atoms with Crippen molar-refractivity contribution in [3.8, 4) is 0 Å². The molecule has 2 aliphatic rings. The molecule has 2 atom stereocenters. The van der Waals surface area contributed by atoms with Crippen molar-refractivity contribution in [2.24, 2.45) is 0 Å². The second-order valence-electron chi connectivity index (χ2n) is 6.71. The van der Waals surface area contributed by atoms with Crippen LogP contribution in [0.1, 0.15) is 25.8 Å². The number of hydrogen-bond donors (Lipinski definition) is 1. The molecule has 0 aromatic heterocycles. The number of fused-ring (bicyclic) bond motifs is 3. The Labute approximate surface area is 169 Å². The number of nitrogens with one attached hydrogen (secondary N) is 1. The lowest BCUT2D eigenvalue weighted by molar-refractivity contribution is 0.00225. The Morgan fingerprint density at radius 2 is 1.90 bits per heavy atom. The molecule has 1 saturated heterocycles. The third-order valence-corrected chi connectivity index (χ3v) is 5.31. The van der Waals surface area contributed by atoms with Gasteiger partial charge < -0.3 is 19.1 Å². The van der Waals surface area contributed by atoms with Gasteiger partial charge in [-0.05, 0) is 26.3 Å². The summed E-state index contributed by atoms with van der Waals surface area (Å²) in [7, 11) is 3.14. The fourth-order valence-corrected chi connectivity index (χ4v) is 4.29. The number of hydrazine groups is 1. The Kier molecular flexibility index (Phi) is 5.71. The molecule has 0 aliphatic carbocycles. The average molecular weight is 406 g/mol. The minimum Gasteiger partial charge on any atom is -0.453 e. The van der Waals surface area contributed by atoms with Gasteiger partial charge in [0.15, 0.2) is 0 Å². The summed E-state index contributed by atoms with van der Waals surface area (Å²) in [4.78, 5) is 41.1. The summed E-state index contributed by atoms with van der Waals surface area (Å²) in [5, 5.41) is 1.16. The number of nitrogens with zero attached hydrogens (tertiary/aromatic N) is 3. The Hall–Kier alpha value is -3.17. The molecule has 29 heavy (non-hydrogen) atoms. The number of anilines is 1. The third kappa shape index (κ3) is 3.18. The number of methoxy groups -OCH3 is 1. The van der Waals surface area contributed by atoms with E-state index in [2.05, 4.69) is 5.43 Å². The van der Waals surface area contributed by atoms with Gasteiger partial charge in [-0.25, -0.2) is 24.8 Å². The molecule has 2 heterocycles. The van der Waals surface area contributed by atoms with Gasteiger partial charge in [0.25, 0.3) is 0 Å². The largest absolute Gasteiger partial charge is 0.453 e. The lowest BCUT2D eigenvalue weighted by Crippen LogP contribution is -2.64. The maximum atomic E-state index is 13.0. The van der Waals surface area contributed by atoms with E-state index in [-0.39, 0.29) is 13.2 Å². The van der Waals surface area contributed by atoms with Crippen LogP contribution in [0, 0.1) is 0 Å². The van der Waals surface area contributed by atoms with Gasteiger partial charge in [-0.3, -0.25) is 4.90 Å². The van der Waals surface area contributed by atoms with Crippen LogP contribution in [0.25, 0.3) is 0 Å². The van der Waals surface area contributed by atoms with Crippen molar-refractivity contribution in [2.75, 3.05) is 38.8 Å². The van der Waals surface area contributed by atoms with Crippen molar-refractivity contribution < 1.29 is 28.6 Å². The average Bonchev–Trinajstić information content (AvgIpc) is 3.22. The van der Waals surface area contributed by atoms with Crippen LogP contribution >= 0.6 is 0 Å². The van der Waals surface area contributed by atoms with E-state index in [1.807, 2.05) is 36.2 Å². The van der Waals surface area contributed by atoms with E-state index in [9.17, 15) is 14.4 Å². The van der Waals surface area contributed by atoms with E-state index in [0.717, 1.165) is 16.3 Å². The number of para-hydroxylation sites is 1. The first-order valence-electron chi connectivity index (χ1n) is 9.49. The first-order valence-corrected chi connectivity index (χ1v) is 9.49. The Bertz CT molecular complexity index is 803. The number of carbonyl (C=O) groups is 3. The van der Waals surface area contributed by atoms with Crippen LogP contribution in [0.15, 0.2) is 24.3 Å².